The molecule has 2 aromatic rings. The van der Waals surface area contributed by atoms with Crippen LogP contribution in [0.4, 0.5) is 11.4 Å². The molecule has 1 N–H and O–H groups in total. The van der Waals surface area contributed by atoms with Crippen molar-refractivity contribution in [2.45, 2.75) is 39.5 Å². The van der Waals surface area contributed by atoms with E-state index in [1.807, 2.05) is 6.92 Å². The van der Waals surface area contributed by atoms with Gasteiger partial charge in [0, 0.05) is 5.69 Å². The molecule has 0 aromatic heterocycles. The Kier molecular flexibility index (Phi) is 8.01. The van der Waals surface area contributed by atoms with Gasteiger partial charge in [-0.25, -0.2) is 9.59 Å². The van der Waals surface area contributed by atoms with Crippen molar-refractivity contribution >= 4 is 41.0 Å². The molecule has 9 nitrogen and oxygen atoms in total. The Bertz CT molecular complexity index is 1210. The largest absolute Gasteiger partial charge is 0.462 e. The molecule has 0 spiro atoms. The van der Waals surface area contributed by atoms with E-state index in [9.17, 15) is 24.0 Å². The van der Waals surface area contributed by atoms with Crippen molar-refractivity contribution in [1.29, 1.82) is 0 Å². The normalized spacial score (nSPS) is 20.8. The van der Waals surface area contributed by atoms with Crippen LogP contribution in [0.25, 0.3) is 0 Å². The van der Waals surface area contributed by atoms with E-state index in [0.717, 1.165) is 12.8 Å². The number of hydrogen-bond acceptors (Lipinski definition) is 7. The molecule has 1 aliphatic heterocycles. The summed E-state index contributed by atoms with van der Waals surface area (Å²) in [4.78, 5) is 63.8. The minimum atomic E-state index is -0.754. The number of rotatable bonds is 8. The number of nitrogens with one attached hydrogen (secondary N) is 1. The number of carbonyl (C=O) groups excluding carboxylic acids is 5. The van der Waals surface area contributed by atoms with E-state index in [1.54, 1.807) is 24.3 Å². The van der Waals surface area contributed by atoms with Gasteiger partial charge in [0.25, 0.3) is 5.91 Å². The molecule has 1 saturated heterocycles. The number of ether oxygens (including phenoxy) is 2. The minimum absolute atomic E-state index is 0.129. The van der Waals surface area contributed by atoms with Gasteiger partial charge in [0.15, 0.2) is 6.61 Å². The van der Waals surface area contributed by atoms with Gasteiger partial charge >= 0.3 is 11.9 Å². The predicted octanol–water partition coefficient (Wildman–Crippen LogP) is 3.97. The Morgan fingerprint density at radius 1 is 0.919 bits per heavy atom. The molecule has 9 heteroatoms. The lowest BCUT2D eigenvalue weighted by Gasteiger charge is -2.25. The van der Waals surface area contributed by atoms with Crippen LogP contribution in [0, 0.1) is 17.8 Å². The summed E-state index contributed by atoms with van der Waals surface area (Å²) in [6.07, 6.45) is 3.01. The Morgan fingerprint density at radius 3 is 2.35 bits per heavy atom. The van der Waals surface area contributed by atoms with Gasteiger partial charge < -0.3 is 14.8 Å². The Balaban J connectivity index is 1.33. The summed E-state index contributed by atoms with van der Waals surface area (Å²) in [6, 6.07) is 12.3. The molecule has 3 atom stereocenters. The highest BCUT2D eigenvalue weighted by atomic mass is 16.5. The molecule has 37 heavy (non-hydrogen) atoms. The summed E-state index contributed by atoms with van der Waals surface area (Å²) in [5.41, 5.74) is 1.25. The van der Waals surface area contributed by atoms with Crippen molar-refractivity contribution in [2.24, 2.45) is 17.8 Å². The minimum Gasteiger partial charge on any atom is -0.462 e. The lowest BCUT2D eigenvalue weighted by atomic mass is 9.76. The summed E-state index contributed by atoms with van der Waals surface area (Å²) in [6.45, 7) is 3.78. The predicted molar refractivity (Wildman–Crippen MR) is 135 cm³/mol. The van der Waals surface area contributed by atoms with Crippen LogP contribution >= 0.6 is 0 Å². The van der Waals surface area contributed by atoms with Gasteiger partial charge in [-0.15, -0.1) is 0 Å². The summed E-state index contributed by atoms with van der Waals surface area (Å²) >= 11 is 0. The summed E-state index contributed by atoms with van der Waals surface area (Å²) < 4.78 is 10.2. The SMILES string of the molecule is CCCOC(=O)c1ccc(NC(=O)COC(=O)c2cccc(N3C(=O)[C@H]4C[C@@H](C)CC[C@H]4C3=O)c2)cc1. The van der Waals surface area contributed by atoms with Crippen LogP contribution in [0.5, 0.6) is 0 Å². The van der Waals surface area contributed by atoms with E-state index in [2.05, 4.69) is 12.2 Å². The molecule has 0 radical (unpaired) electrons. The third-order valence-electron chi connectivity index (χ3n) is 6.70. The number of fused-ring (bicyclic) bond motifs is 1. The number of hydrogen-bond donors (Lipinski definition) is 1. The number of esters is 2. The number of imide groups is 1. The highest BCUT2D eigenvalue weighted by Crippen LogP contribution is 2.42. The van der Waals surface area contributed by atoms with E-state index in [0.29, 0.717) is 42.3 Å². The molecular formula is C28H30N2O7. The maximum atomic E-state index is 13.0. The first-order valence-corrected chi connectivity index (χ1v) is 12.5. The molecule has 1 heterocycles. The molecule has 194 valence electrons. The number of amides is 3. The number of anilines is 2. The molecule has 2 fully saturated rings. The molecule has 1 aliphatic carbocycles. The van der Waals surface area contributed by atoms with Crippen LogP contribution in [-0.4, -0.2) is 42.9 Å². The van der Waals surface area contributed by atoms with Crippen molar-refractivity contribution in [3.63, 3.8) is 0 Å². The maximum Gasteiger partial charge on any atom is 0.338 e. The monoisotopic (exact) mass is 506 g/mol. The summed E-state index contributed by atoms with van der Waals surface area (Å²) in [7, 11) is 0. The van der Waals surface area contributed by atoms with Crippen LogP contribution in [0.1, 0.15) is 60.2 Å². The van der Waals surface area contributed by atoms with Crippen LogP contribution in [0.15, 0.2) is 48.5 Å². The fraction of sp³-hybridized carbons (Fsp3) is 0.393. The van der Waals surface area contributed by atoms with Crippen molar-refractivity contribution in [1.82, 2.24) is 0 Å². The second-order valence-corrected chi connectivity index (χ2v) is 9.53. The number of nitrogens with zero attached hydrogens (tertiary/aromatic N) is 1. The van der Waals surface area contributed by atoms with Gasteiger partial charge in [0.05, 0.1) is 35.3 Å². The zero-order valence-corrected chi connectivity index (χ0v) is 20.9. The van der Waals surface area contributed by atoms with Gasteiger partial charge in [-0.2, -0.15) is 0 Å². The van der Waals surface area contributed by atoms with Gasteiger partial charge in [-0.3, -0.25) is 19.3 Å². The molecule has 0 unspecified atom stereocenters. The summed E-state index contributed by atoms with van der Waals surface area (Å²) in [5, 5.41) is 2.59. The number of carbonyl (C=O) groups is 5. The maximum absolute atomic E-state index is 13.0. The Labute approximate surface area is 215 Å². The van der Waals surface area contributed by atoms with Crippen molar-refractivity contribution in [2.75, 3.05) is 23.4 Å². The van der Waals surface area contributed by atoms with E-state index in [-0.39, 0.29) is 29.2 Å². The van der Waals surface area contributed by atoms with Gasteiger partial charge in [-0.1, -0.05) is 19.9 Å². The highest BCUT2D eigenvalue weighted by molar-refractivity contribution is 6.22. The molecule has 3 amide bonds. The average Bonchev–Trinajstić information content (AvgIpc) is 3.15. The average molecular weight is 507 g/mol. The topological polar surface area (TPSA) is 119 Å². The Morgan fingerprint density at radius 2 is 1.62 bits per heavy atom. The first kappa shape index (κ1) is 26.1. The van der Waals surface area contributed by atoms with Crippen LogP contribution in [-0.2, 0) is 23.9 Å². The fourth-order valence-corrected chi connectivity index (χ4v) is 4.80. The van der Waals surface area contributed by atoms with Crippen molar-refractivity contribution < 1.29 is 33.4 Å². The van der Waals surface area contributed by atoms with Crippen molar-refractivity contribution in [3.8, 4) is 0 Å². The molecule has 4 rings (SSSR count). The van der Waals surface area contributed by atoms with Gasteiger partial charge in [0.2, 0.25) is 11.8 Å². The summed E-state index contributed by atoms with van der Waals surface area (Å²) in [5.74, 6) is -2.43. The molecule has 2 aromatic carbocycles. The quantitative estimate of drug-likeness (QED) is 0.425. The molecule has 0 bridgehead atoms. The van der Waals surface area contributed by atoms with E-state index < -0.39 is 24.5 Å². The van der Waals surface area contributed by atoms with Crippen LogP contribution in [0.2, 0.25) is 0 Å². The zero-order valence-electron chi connectivity index (χ0n) is 20.9. The van der Waals surface area contributed by atoms with E-state index in [4.69, 9.17) is 9.47 Å². The smallest absolute Gasteiger partial charge is 0.338 e. The fourth-order valence-electron chi connectivity index (χ4n) is 4.80. The van der Waals surface area contributed by atoms with E-state index >= 15 is 0 Å². The van der Waals surface area contributed by atoms with Gasteiger partial charge in [0.1, 0.15) is 0 Å². The van der Waals surface area contributed by atoms with E-state index in [1.165, 1.54) is 29.2 Å². The third-order valence-corrected chi connectivity index (χ3v) is 6.70. The Hall–Kier alpha value is -4.01. The second kappa shape index (κ2) is 11.4. The molecule has 1 saturated carbocycles. The lowest BCUT2D eigenvalue weighted by Crippen LogP contribution is -2.31. The van der Waals surface area contributed by atoms with Gasteiger partial charge in [-0.05, 0) is 74.1 Å². The highest BCUT2D eigenvalue weighted by Gasteiger charge is 2.50. The second-order valence-electron chi connectivity index (χ2n) is 9.53. The standard InChI is InChI=1S/C28H30N2O7/c1-3-13-36-27(34)18-8-10-20(11-9-18)29-24(31)16-37-28(35)19-5-4-6-21(15-19)30-25(32)22-12-7-17(2)14-23(22)26(30)33/h4-6,8-11,15,17,22-23H,3,7,12-14,16H2,1-2H3,(H,29,31)/t17-,22+,23-/m0/s1. The molecule has 2 aliphatic rings. The lowest BCUT2D eigenvalue weighted by molar-refractivity contribution is -0.122. The first-order valence-electron chi connectivity index (χ1n) is 12.5. The number of benzene rings is 2. The van der Waals surface area contributed by atoms with Crippen LogP contribution < -0.4 is 10.2 Å². The third kappa shape index (κ3) is 5.87. The first-order chi connectivity index (χ1) is 17.8. The van der Waals surface area contributed by atoms with Crippen LogP contribution in [0.3, 0.4) is 0 Å². The van der Waals surface area contributed by atoms with Crippen molar-refractivity contribution in [3.05, 3.63) is 59.7 Å². The zero-order chi connectivity index (χ0) is 26.5. The molecular weight excluding hydrogens is 476 g/mol.